The number of rotatable bonds is 10. The second kappa shape index (κ2) is 12.7. The van der Waals surface area contributed by atoms with E-state index in [0.717, 1.165) is 71.3 Å². The second-order valence-electron chi connectivity index (χ2n) is 7.45. The van der Waals surface area contributed by atoms with Crippen molar-refractivity contribution < 1.29 is 9.47 Å². The summed E-state index contributed by atoms with van der Waals surface area (Å²) in [6.07, 6.45) is 3.25. The normalized spacial score (nSPS) is 16.9. The Labute approximate surface area is 164 Å². The zero-order chi connectivity index (χ0) is 19.3. The molecule has 1 heterocycles. The smallest absolute Gasteiger partial charge is 0.191 e. The largest absolute Gasteiger partial charge is 0.381 e. The van der Waals surface area contributed by atoms with Crippen molar-refractivity contribution in [1.29, 1.82) is 0 Å². The van der Waals surface area contributed by atoms with Crippen LogP contribution in [0.1, 0.15) is 50.2 Å². The van der Waals surface area contributed by atoms with Crippen molar-refractivity contribution >= 4 is 5.96 Å². The van der Waals surface area contributed by atoms with Crippen LogP contribution >= 0.6 is 0 Å². The predicted octanol–water partition coefficient (Wildman–Crippen LogP) is 3.49. The maximum absolute atomic E-state index is 5.83. The van der Waals surface area contributed by atoms with Crippen molar-refractivity contribution in [3.05, 3.63) is 35.4 Å². The number of hydrogen-bond acceptors (Lipinski definition) is 3. The molecule has 1 fully saturated rings. The van der Waals surface area contributed by atoms with Crippen molar-refractivity contribution in [1.82, 2.24) is 10.6 Å². The molecule has 0 aromatic heterocycles. The molecular weight excluding hydrogens is 338 g/mol. The highest BCUT2D eigenvalue weighted by molar-refractivity contribution is 5.79. The number of guanidine groups is 1. The molecule has 5 heteroatoms. The van der Waals surface area contributed by atoms with Crippen molar-refractivity contribution in [3.63, 3.8) is 0 Å². The molecule has 0 radical (unpaired) electrons. The maximum atomic E-state index is 5.83. The summed E-state index contributed by atoms with van der Waals surface area (Å²) in [5, 5.41) is 6.74. The summed E-state index contributed by atoms with van der Waals surface area (Å²) in [7, 11) is 0. The van der Waals surface area contributed by atoms with Crippen LogP contribution in [-0.2, 0) is 9.47 Å². The monoisotopic (exact) mass is 375 g/mol. The van der Waals surface area contributed by atoms with Crippen LogP contribution in [0.25, 0.3) is 0 Å². The maximum Gasteiger partial charge on any atom is 0.191 e. The Morgan fingerprint density at radius 1 is 1.30 bits per heavy atom. The Morgan fingerprint density at radius 2 is 2.11 bits per heavy atom. The zero-order valence-corrected chi connectivity index (χ0v) is 17.3. The highest BCUT2D eigenvalue weighted by Crippen LogP contribution is 2.16. The molecule has 0 amide bonds. The van der Waals surface area contributed by atoms with Crippen LogP contribution in [-0.4, -0.2) is 52.0 Å². The Bertz CT molecular complexity index is 556. The summed E-state index contributed by atoms with van der Waals surface area (Å²) < 4.78 is 11.2. The molecule has 1 aliphatic heterocycles. The first-order valence-electron chi connectivity index (χ1n) is 10.4. The van der Waals surface area contributed by atoms with Crippen molar-refractivity contribution in [3.8, 4) is 0 Å². The lowest BCUT2D eigenvalue weighted by Crippen LogP contribution is -2.38. The molecule has 1 aromatic rings. The van der Waals surface area contributed by atoms with E-state index in [0.29, 0.717) is 11.8 Å². The van der Waals surface area contributed by atoms with Gasteiger partial charge >= 0.3 is 0 Å². The molecule has 0 bridgehead atoms. The van der Waals surface area contributed by atoms with Crippen LogP contribution in [0.5, 0.6) is 0 Å². The van der Waals surface area contributed by atoms with E-state index in [4.69, 9.17) is 14.5 Å². The molecule has 152 valence electrons. The van der Waals surface area contributed by atoms with Gasteiger partial charge in [-0.05, 0) is 44.6 Å². The molecule has 5 nitrogen and oxygen atoms in total. The molecule has 27 heavy (non-hydrogen) atoms. The Morgan fingerprint density at radius 3 is 2.85 bits per heavy atom. The Hall–Kier alpha value is -1.59. The third-order valence-corrected chi connectivity index (χ3v) is 4.93. The molecule has 0 saturated carbocycles. The van der Waals surface area contributed by atoms with E-state index < -0.39 is 0 Å². The molecule has 0 spiro atoms. The topological polar surface area (TPSA) is 54.9 Å². The Balaban J connectivity index is 1.65. The summed E-state index contributed by atoms with van der Waals surface area (Å²) in [5.41, 5.74) is 2.64. The molecular formula is C22H37N3O2. The Kier molecular flexibility index (Phi) is 10.2. The van der Waals surface area contributed by atoms with Crippen LogP contribution in [0.15, 0.2) is 29.3 Å². The first-order chi connectivity index (χ1) is 13.2. The van der Waals surface area contributed by atoms with Gasteiger partial charge in [0.25, 0.3) is 0 Å². The van der Waals surface area contributed by atoms with Gasteiger partial charge in [0.2, 0.25) is 0 Å². The number of nitrogens with one attached hydrogen (secondary N) is 2. The van der Waals surface area contributed by atoms with Gasteiger partial charge in [-0.2, -0.15) is 0 Å². The fourth-order valence-electron chi connectivity index (χ4n) is 3.20. The summed E-state index contributed by atoms with van der Waals surface area (Å²) in [6, 6.07) is 8.68. The molecule has 1 aliphatic rings. The van der Waals surface area contributed by atoms with Gasteiger partial charge in [0, 0.05) is 52.0 Å². The van der Waals surface area contributed by atoms with E-state index in [-0.39, 0.29) is 0 Å². The van der Waals surface area contributed by atoms with E-state index in [1.807, 2.05) is 0 Å². The predicted molar refractivity (Wildman–Crippen MR) is 113 cm³/mol. The average molecular weight is 376 g/mol. The second-order valence-corrected chi connectivity index (χ2v) is 7.45. The van der Waals surface area contributed by atoms with Gasteiger partial charge in [-0.3, -0.25) is 4.99 Å². The van der Waals surface area contributed by atoms with Crippen LogP contribution in [0.4, 0.5) is 0 Å². The molecule has 1 atom stereocenters. The number of benzene rings is 1. The highest BCUT2D eigenvalue weighted by atomic mass is 16.5. The number of nitrogens with zero attached hydrogens (tertiary/aromatic N) is 1. The SMILES string of the molecule is CCNC(=NCC(C)c1cccc(C)c1)NCCCOCC1CCOCC1. The fourth-order valence-corrected chi connectivity index (χ4v) is 3.20. The van der Waals surface area contributed by atoms with Crippen LogP contribution in [0, 0.1) is 12.8 Å². The van der Waals surface area contributed by atoms with Crippen LogP contribution in [0.2, 0.25) is 0 Å². The average Bonchev–Trinajstić information content (AvgIpc) is 2.69. The minimum absolute atomic E-state index is 0.406. The number of aryl methyl sites for hydroxylation is 1. The lowest BCUT2D eigenvalue weighted by Gasteiger charge is -2.21. The van der Waals surface area contributed by atoms with Gasteiger partial charge in [-0.15, -0.1) is 0 Å². The summed E-state index contributed by atoms with van der Waals surface area (Å²) in [5.74, 6) is 1.97. The standard InChI is InChI=1S/C22H37N3O2/c1-4-23-22(25-16-19(3)21-8-5-7-18(2)15-21)24-11-6-12-27-17-20-9-13-26-14-10-20/h5,7-8,15,19-20H,4,6,9-14,16-17H2,1-3H3,(H2,23,24,25). The van der Waals surface area contributed by atoms with E-state index in [2.05, 4.69) is 55.7 Å². The van der Waals surface area contributed by atoms with Crippen LogP contribution in [0.3, 0.4) is 0 Å². The van der Waals surface area contributed by atoms with E-state index in [1.165, 1.54) is 11.1 Å². The highest BCUT2D eigenvalue weighted by Gasteiger charge is 2.13. The molecule has 2 rings (SSSR count). The number of aliphatic imine (C=N–C) groups is 1. The summed E-state index contributed by atoms with van der Waals surface area (Å²) in [4.78, 5) is 4.75. The van der Waals surface area contributed by atoms with Crippen molar-refractivity contribution in [2.24, 2.45) is 10.9 Å². The first-order valence-corrected chi connectivity index (χ1v) is 10.4. The number of hydrogen-bond donors (Lipinski definition) is 2. The zero-order valence-electron chi connectivity index (χ0n) is 17.3. The summed E-state index contributed by atoms with van der Waals surface area (Å²) in [6.45, 7) is 12.4. The third kappa shape index (κ3) is 8.76. The third-order valence-electron chi connectivity index (χ3n) is 4.93. The van der Waals surface area contributed by atoms with Crippen molar-refractivity contribution in [2.75, 3.05) is 46.1 Å². The summed E-state index contributed by atoms with van der Waals surface area (Å²) >= 11 is 0. The number of ether oxygens (including phenoxy) is 2. The molecule has 1 aromatic carbocycles. The molecule has 1 saturated heterocycles. The van der Waals surface area contributed by atoms with Gasteiger partial charge in [0.05, 0.1) is 0 Å². The van der Waals surface area contributed by atoms with Gasteiger partial charge in [0.1, 0.15) is 0 Å². The minimum Gasteiger partial charge on any atom is -0.381 e. The molecule has 1 unspecified atom stereocenters. The van der Waals surface area contributed by atoms with E-state index >= 15 is 0 Å². The van der Waals surface area contributed by atoms with Gasteiger partial charge in [-0.25, -0.2) is 0 Å². The quantitative estimate of drug-likeness (QED) is 0.373. The minimum atomic E-state index is 0.406. The van der Waals surface area contributed by atoms with Crippen molar-refractivity contribution in [2.45, 2.75) is 46.0 Å². The molecule has 2 N–H and O–H groups in total. The van der Waals surface area contributed by atoms with Crippen LogP contribution < -0.4 is 10.6 Å². The van der Waals surface area contributed by atoms with E-state index in [9.17, 15) is 0 Å². The lowest BCUT2D eigenvalue weighted by atomic mass is 10.00. The lowest BCUT2D eigenvalue weighted by molar-refractivity contribution is 0.0203. The van der Waals surface area contributed by atoms with E-state index in [1.54, 1.807) is 0 Å². The van der Waals surface area contributed by atoms with Gasteiger partial charge in [-0.1, -0.05) is 36.8 Å². The first kappa shape index (κ1) is 21.7. The molecule has 0 aliphatic carbocycles. The van der Waals surface area contributed by atoms with Gasteiger partial charge in [0.15, 0.2) is 5.96 Å². The fraction of sp³-hybridized carbons (Fsp3) is 0.682. The van der Waals surface area contributed by atoms with Gasteiger partial charge < -0.3 is 20.1 Å².